The van der Waals surface area contributed by atoms with Gasteiger partial charge in [0.2, 0.25) is 0 Å². The normalized spacial score (nSPS) is 20.9. The molecule has 0 heterocycles. The minimum Gasteiger partial charge on any atom is -0.386 e. The summed E-state index contributed by atoms with van der Waals surface area (Å²) < 4.78 is 0. The number of benzene rings is 1. The number of carbonyl (C=O) groups excluding carboxylic acids is 2. The largest absolute Gasteiger partial charge is 0.386 e. The van der Waals surface area contributed by atoms with Gasteiger partial charge >= 0.3 is 0 Å². The van der Waals surface area contributed by atoms with E-state index in [4.69, 9.17) is 0 Å². The van der Waals surface area contributed by atoms with Crippen LogP contribution in [-0.4, -0.2) is 29.4 Å². The van der Waals surface area contributed by atoms with Crippen molar-refractivity contribution >= 4 is 17.8 Å². The molecule has 0 amide bonds. The van der Waals surface area contributed by atoms with Crippen molar-refractivity contribution in [1.29, 1.82) is 0 Å². The Morgan fingerprint density at radius 2 is 1.81 bits per heavy atom. The average Bonchev–Trinajstić information content (AvgIpc) is 2.41. The van der Waals surface area contributed by atoms with Crippen molar-refractivity contribution in [2.75, 3.05) is 6.54 Å². The Bertz CT molecular complexity index is 528. The fraction of sp³-hybridized carbons (Fsp3) is 0.471. The van der Waals surface area contributed by atoms with Crippen LogP contribution >= 0.6 is 0 Å². The Kier molecular flexibility index (Phi) is 4.68. The number of aliphatic hydroxyl groups excluding tert-OH is 1. The standard InChI is InChI=1S/C17H21NO3/c1-17(2)8-14(19)13(15(20)9-17)10-18-11-16(21)12-6-4-3-5-7-12/h3-7,10,13,16,21H,8-9,11H2,1-2H3/t16-/m1/s1. The summed E-state index contributed by atoms with van der Waals surface area (Å²) in [6, 6.07) is 9.21. The molecule has 0 saturated heterocycles. The van der Waals surface area contributed by atoms with Crippen LogP contribution in [0.3, 0.4) is 0 Å². The van der Waals surface area contributed by atoms with Gasteiger partial charge in [0.15, 0.2) is 0 Å². The van der Waals surface area contributed by atoms with Gasteiger partial charge in [0.05, 0.1) is 12.6 Å². The van der Waals surface area contributed by atoms with Gasteiger partial charge in [-0.2, -0.15) is 0 Å². The minimum atomic E-state index is -0.735. The molecule has 1 aliphatic rings. The van der Waals surface area contributed by atoms with E-state index in [0.29, 0.717) is 12.8 Å². The highest BCUT2D eigenvalue weighted by Crippen LogP contribution is 2.33. The van der Waals surface area contributed by atoms with Crippen molar-refractivity contribution < 1.29 is 14.7 Å². The fourth-order valence-electron chi connectivity index (χ4n) is 2.62. The quantitative estimate of drug-likeness (QED) is 0.683. The predicted octanol–water partition coefficient (Wildman–Crippen LogP) is 2.37. The molecule has 1 saturated carbocycles. The number of nitrogens with zero attached hydrogens (tertiary/aromatic N) is 1. The highest BCUT2D eigenvalue weighted by Gasteiger charge is 2.38. The summed E-state index contributed by atoms with van der Waals surface area (Å²) in [6.07, 6.45) is 1.49. The Morgan fingerprint density at radius 3 is 2.38 bits per heavy atom. The summed E-state index contributed by atoms with van der Waals surface area (Å²) in [5.41, 5.74) is 0.527. The van der Waals surface area contributed by atoms with E-state index in [2.05, 4.69) is 4.99 Å². The third kappa shape index (κ3) is 4.08. The summed E-state index contributed by atoms with van der Waals surface area (Å²) >= 11 is 0. The topological polar surface area (TPSA) is 66.7 Å². The third-order valence-electron chi connectivity index (χ3n) is 3.72. The molecule has 1 N–H and O–H groups in total. The molecular formula is C17H21NO3. The van der Waals surface area contributed by atoms with Gasteiger partial charge in [0, 0.05) is 19.1 Å². The zero-order valence-electron chi connectivity index (χ0n) is 12.5. The first-order chi connectivity index (χ1) is 9.89. The van der Waals surface area contributed by atoms with E-state index in [1.807, 2.05) is 44.2 Å². The lowest BCUT2D eigenvalue weighted by Gasteiger charge is -2.30. The van der Waals surface area contributed by atoms with Gasteiger partial charge < -0.3 is 5.11 Å². The van der Waals surface area contributed by atoms with E-state index >= 15 is 0 Å². The van der Waals surface area contributed by atoms with Crippen molar-refractivity contribution in [3.8, 4) is 0 Å². The maximum Gasteiger partial charge on any atom is 0.149 e. The molecule has 1 atom stereocenters. The second-order valence-corrected chi connectivity index (χ2v) is 6.37. The Hall–Kier alpha value is -1.81. The maximum atomic E-state index is 12.0. The predicted molar refractivity (Wildman–Crippen MR) is 81.3 cm³/mol. The number of Topliss-reactive ketones (excluding diaryl/α,β-unsaturated/α-hetero) is 2. The van der Waals surface area contributed by atoms with Crippen LogP contribution in [0.1, 0.15) is 38.4 Å². The van der Waals surface area contributed by atoms with Crippen LogP contribution in [-0.2, 0) is 9.59 Å². The molecule has 0 spiro atoms. The smallest absolute Gasteiger partial charge is 0.149 e. The first kappa shape index (κ1) is 15.6. The summed E-state index contributed by atoms with van der Waals surface area (Å²) in [5, 5.41) is 9.98. The number of hydrogen-bond acceptors (Lipinski definition) is 4. The van der Waals surface area contributed by atoms with E-state index in [9.17, 15) is 14.7 Å². The molecule has 0 bridgehead atoms. The molecule has 0 unspecified atom stereocenters. The molecule has 1 fully saturated rings. The second kappa shape index (κ2) is 6.31. The summed E-state index contributed by atoms with van der Waals surface area (Å²) in [6.45, 7) is 4.01. The zero-order chi connectivity index (χ0) is 15.5. The van der Waals surface area contributed by atoms with Crippen LogP contribution in [0, 0.1) is 11.3 Å². The monoisotopic (exact) mass is 287 g/mol. The van der Waals surface area contributed by atoms with Gasteiger partial charge in [0.25, 0.3) is 0 Å². The molecule has 2 rings (SSSR count). The van der Waals surface area contributed by atoms with Crippen molar-refractivity contribution in [2.24, 2.45) is 16.3 Å². The molecule has 4 nitrogen and oxygen atoms in total. The summed E-state index contributed by atoms with van der Waals surface area (Å²) in [4.78, 5) is 28.1. The average molecular weight is 287 g/mol. The Balaban J connectivity index is 1.95. The highest BCUT2D eigenvalue weighted by atomic mass is 16.3. The van der Waals surface area contributed by atoms with E-state index in [1.165, 1.54) is 6.21 Å². The molecule has 0 radical (unpaired) electrons. The van der Waals surface area contributed by atoms with Crippen LogP contribution in [0.2, 0.25) is 0 Å². The molecule has 1 aromatic carbocycles. The lowest BCUT2D eigenvalue weighted by molar-refractivity contribution is -0.136. The molecule has 0 aromatic heterocycles. The molecule has 21 heavy (non-hydrogen) atoms. The SMILES string of the molecule is CC1(C)CC(=O)C(C=NC[C@@H](O)c2ccccc2)C(=O)C1. The molecular weight excluding hydrogens is 266 g/mol. The second-order valence-electron chi connectivity index (χ2n) is 6.37. The van der Waals surface area contributed by atoms with E-state index in [0.717, 1.165) is 5.56 Å². The Morgan fingerprint density at radius 1 is 1.24 bits per heavy atom. The number of aliphatic imine (C=N–C) groups is 1. The number of ketones is 2. The summed E-state index contributed by atoms with van der Waals surface area (Å²) in [7, 11) is 0. The lowest BCUT2D eigenvalue weighted by Crippen LogP contribution is -2.38. The lowest BCUT2D eigenvalue weighted by atomic mass is 9.72. The van der Waals surface area contributed by atoms with Crippen LogP contribution in [0.25, 0.3) is 0 Å². The van der Waals surface area contributed by atoms with Crippen molar-refractivity contribution in [3.63, 3.8) is 0 Å². The van der Waals surface area contributed by atoms with Gasteiger partial charge in [-0.15, -0.1) is 0 Å². The van der Waals surface area contributed by atoms with Crippen LogP contribution in [0.15, 0.2) is 35.3 Å². The molecule has 1 aromatic rings. The van der Waals surface area contributed by atoms with Crippen molar-refractivity contribution in [2.45, 2.75) is 32.8 Å². The van der Waals surface area contributed by atoms with Crippen LogP contribution in [0.5, 0.6) is 0 Å². The first-order valence-electron chi connectivity index (χ1n) is 7.17. The van der Waals surface area contributed by atoms with Gasteiger partial charge in [-0.25, -0.2) is 0 Å². The van der Waals surface area contributed by atoms with Gasteiger partial charge in [-0.05, 0) is 11.0 Å². The molecule has 1 aliphatic carbocycles. The van der Waals surface area contributed by atoms with Gasteiger partial charge in [-0.1, -0.05) is 44.2 Å². The fourth-order valence-corrected chi connectivity index (χ4v) is 2.62. The number of aliphatic hydroxyl groups is 1. The third-order valence-corrected chi connectivity index (χ3v) is 3.72. The maximum absolute atomic E-state index is 12.0. The minimum absolute atomic E-state index is 0.0748. The Labute approximate surface area is 124 Å². The van der Waals surface area contributed by atoms with Crippen molar-refractivity contribution in [3.05, 3.63) is 35.9 Å². The van der Waals surface area contributed by atoms with Crippen molar-refractivity contribution in [1.82, 2.24) is 0 Å². The van der Waals surface area contributed by atoms with E-state index in [-0.39, 0.29) is 23.5 Å². The number of hydrogen-bond donors (Lipinski definition) is 1. The first-order valence-corrected chi connectivity index (χ1v) is 7.17. The molecule has 4 heteroatoms. The van der Waals surface area contributed by atoms with Gasteiger partial charge in [-0.3, -0.25) is 14.6 Å². The summed E-state index contributed by atoms with van der Waals surface area (Å²) in [5.74, 6) is -0.885. The molecule has 112 valence electrons. The van der Waals surface area contributed by atoms with E-state index in [1.54, 1.807) is 0 Å². The zero-order valence-corrected chi connectivity index (χ0v) is 12.5. The molecule has 0 aliphatic heterocycles. The highest BCUT2D eigenvalue weighted by molar-refractivity contribution is 6.16. The number of carbonyl (C=O) groups is 2. The van der Waals surface area contributed by atoms with E-state index < -0.39 is 12.0 Å². The number of rotatable bonds is 4. The van der Waals surface area contributed by atoms with Crippen LogP contribution in [0.4, 0.5) is 0 Å². The van der Waals surface area contributed by atoms with Crippen LogP contribution < -0.4 is 0 Å². The van der Waals surface area contributed by atoms with Gasteiger partial charge in [0.1, 0.15) is 17.5 Å².